The maximum atomic E-state index is 8.73. The van der Waals surface area contributed by atoms with Crippen LogP contribution in [0.1, 0.15) is 24.5 Å². The number of hydrogen-bond donors (Lipinski definition) is 0. The molecule has 0 fully saturated rings. The summed E-state index contributed by atoms with van der Waals surface area (Å²) in [5, 5.41) is 9.48. The molecule has 0 bridgehead atoms. The first-order valence-electron chi connectivity index (χ1n) is 4.53. The van der Waals surface area contributed by atoms with Gasteiger partial charge in [-0.1, -0.05) is 28.9 Å². The molecule has 3 heteroatoms. The third kappa shape index (κ3) is 2.74. The number of alkyl halides is 1. The average molecular weight is 254 g/mol. The van der Waals surface area contributed by atoms with Crippen LogP contribution in [0, 0.1) is 11.3 Å². The molecule has 0 aromatic heterocycles. The summed E-state index contributed by atoms with van der Waals surface area (Å²) in [6, 6.07) is 7.60. The molecule has 1 aromatic rings. The van der Waals surface area contributed by atoms with Gasteiger partial charge in [-0.25, -0.2) is 0 Å². The largest absolute Gasteiger partial charge is 0.493 e. The predicted molar refractivity (Wildman–Crippen MR) is 59.6 cm³/mol. The lowest BCUT2D eigenvalue weighted by molar-refractivity contribution is 0.315. The Balaban J connectivity index is 2.91. The van der Waals surface area contributed by atoms with Gasteiger partial charge in [-0.2, -0.15) is 5.26 Å². The topological polar surface area (TPSA) is 33.0 Å². The van der Waals surface area contributed by atoms with Crippen LogP contribution in [-0.4, -0.2) is 6.61 Å². The minimum Gasteiger partial charge on any atom is -0.493 e. The van der Waals surface area contributed by atoms with E-state index in [4.69, 9.17) is 10.00 Å². The Morgan fingerprint density at radius 3 is 2.86 bits per heavy atom. The Morgan fingerprint density at radius 1 is 1.50 bits per heavy atom. The first-order valence-corrected chi connectivity index (χ1v) is 5.65. The van der Waals surface area contributed by atoms with Crippen LogP contribution < -0.4 is 4.74 Å². The van der Waals surface area contributed by atoms with E-state index in [9.17, 15) is 0 Å². The first kappa shape index (κ1) is 11.1. The van der Waals surface area contributed by atoms with Gasteiger partial charge in [-0.05, 0) is 18.6 Å². The minimum atomic E-state index is 0.640. The van der Waals surface area contributed by atoms with Gasteiger partial charge in [0.1, 0.15) is 5.75 Å². The van der Waals surface area contributed by atoms with Crippen LogP contribution in [0.2, 0.25) is 0 Å². The minimum absolute atomic E-state index is 0.640. The summed E-state index contributed by atoms with van der Waals surface area (Å²) in [6.45, 7) is 2.75. The van der Waals surface area contributed by atoms with Crippen LogP contribution in [0.15, 0.2) is 18.2 Å². The average Bonchev–Trinajstić information content (AvgIpc) is 2.25. The Bertz CT molecular complexity index is 344. The van der Waals surface area contributed by atoms with Gasteiger partial charge >= 0.3 is 0 Å². The van der Waals surface area contributed by atoms with Crippen molar-refractivity contribution in [3.05, 3.63) is 29.3 Å². The molecule has 0 heterocycles. The molecule has 0 amide bonds. The third-order valence-electron chi connectivity index (χ3n) is 1.80. The zero-order chi connectivity index (χ0) is 10.4. The normalized spacial score (nSPS) is 9.50. The Labute approximate surface area is 92.6 Å². The number of benzene rings is 1. The highest BCUT2D eigenvalue weighted by Crippen LogP contribution is 2.22. The molecule has 0 saturated carbocycles. The Hall–Kier alpha value is -1.01. The maximum Gasteiger partial charge on any atom is 0.124 e. The van der Waals surface area contributed by atoms with Crippen LogP contribution in [0.4, 0.5) is 0 Å². The van der Waals surface area contributed by atoms with Crippen molar-refractivity contribution < 1.29 is 4.74 Å². The van der Waals surface area contributed by atoms with Crippen molar-refractivity contribution in [2.45, 2.75) is 18.7 Å². The summed E-state index contributed by atoms with van der Waals surface area (Å²) in [7, 11) is 0. The standard InChI is InChI=1S/C11H12BrNO/c1-2-5-14-11-6-9(8-13)3-4-10(11)7-12/h3-4,6H,2,5,7H2,1H3. The van der Waals surface area contributed by atoms with Crippen molar-refractivity contribution in [2.24, 2.45) is 0 Å². The second-order valence-corrected chi connectivity index (χ2v) is 3.48. The Morgan fingerprint density at radius 2 is 2.29 bits per heavy atom. The van der Waals surface area contributed by atoms with Crippen molar-refractivity contribution in [1.82, 2.24) is 0 Å². The summed E-state index contributed by atoms with van der Waals surface area (Å²) in [4.78, 5) is 0. The summed E-state index contributed by atoms with van der Waals surface area (Å²) in [5.41, 5.74) is 1.72. The van der Waals surface area contributed by atoms with Crippen LogP contribution in [0.3, 0.4) is 0 Å². The van der Waals surface area contributed by atoms with E-state index < -0.39 is 0 Å². The quantitative estimate of drug-likeness (QED) is 0.772. The highest BCUT2D eigenvalue weighted by molar-refractivity contribution is 9.08. The van der Waals surface area contributed by atoms with Crippen molar-refractivity contribution >= 4 is 15.9 Å². The molecule has 0 atom stereocenters. The van der Waals surface area contributed by atoms with Gasteiger partial charge in [0.05, 0.1) is 18.2 Å². The lowest BCUT2D eigenvalue weighted by Gasteiger charge is -2.08. The predicted octanol–water partition coefficient (Wildman–Crippen LogP) is 3.24. The SMILES string of the molecule is CCCOc1cc(C#N)ccc1CBr. The van der Waals surface area contributed by atoms with Crippen molar-refractivity contribution in [3.63, 3.8) is 0 Å². The molecule has 0 radical (unpaired) electrons. The van der Waals surface area contributed by atoms with Gasteiger partial charge in [-0.3, -0.25) is 0 Å². The van der Waals surface area contributed by atoms with E-state index in [1.807, 2.05) is 6.07 Å². The number of rotatable bonds is 4. The Kier molecular flexibility index (Phi) is 4.48. The van der Waals surface area contributed by atoms with Crippen LogP contribution in [-0.2, 0) is 5.33 Å². The molecule has 0 aliphatic heterocycles. The monoisotopic (exact) mass is 253 g/mol. The van der Waals surface area contributed by atoms with Crippen molar-refractivity contribution in [3.8, 4) is 11.8 Å². The molecule has 2 nitrogen and oxygen atoms in total. The number of hydrogen-bond acceptors (Lipinski definition) is 2. The molecule has 0 N–H and O–H groups in total. The van der Waals surface area contributed by atoms with Crippen LogP contribution in [0.5, 0.6) is 5.75 Å². The van der Waals surface area contributed by atoms with Gasteiger partial charge in [-0.15, -0.1) is 0 Å². The molecular weight excluding hydrogens is 242 g/mol. The van der Waals surface area contributed by atoms with E-state index in [1.54, 1.807) is 12.1 Å². The van der Waals surface area contributed by atoms with Crippen molar-refractivity contribution in [1.29, 1.82) is 5.26 Å². The zero-order valence-corrected chi connectivity index (χ0v) is 9.67. The second kappa shape index (κ2) is 5.66. The smallest absolute Gasteiger partial charge is 0.124 e. The molecule has 74 valence electrons. The molecule has 0 spiro atoms. The summed E-state index contributed by atoms with van der Waals surface area (Å²) >= 11 is 3.38. The van der Waals surface area contributed by atoms with E-state index in [2.05, 4.69) is 28.9 Å². The highest BCUT2D eigenvalue weighted by Gasteiger charge is 2.03. The number of ether oxygens (including phenoxy) is 1. The molecule has 0 aliphatic carbocycles. The maximum absolute atomic E-state index is 8.73. The zero-order valence-electron chi connectivity index (χ0n) is 8.09. The van der Waals surface area contributed by atoms with E-state index in [1.165, 1.54) is 0 Å². The number of halogens is 1. The fourth-order valence-corrected chi connectivity index (χ4v) is 1.54. The first-order chi connectivity index (χ1) is 6.81. The summed E-state index contributed by atoms with van der Waals surface area (Å²) < 4.78 is 5.54. The molecule has 0 aliphatic rings. The van der Waals surface area contributed by atoms with Crippen molar-refractivity contribution in [2.75, 3.05) is 6.61 Å². The molecule has 0 unspecified atom stereocenters. The number of nitrogens with zero attached hydrogens (tertiary/aromatic N) is 1. The van der Waals surface area contributed by atoms with E-state index in [-0.39, 0.29) is 0 Å². The lowest BCUT2D eigenvalue weighted by atomic mass is 10.1. The number of nitriles is 1. The van der Waals surface area contributed by atoms with E-state index in [0.717, 1.165) is 23.1 Å². The highest BCUT2D eigenvalue weighted by atomic mass is 79.9. The molecule has 1 aromatic carbocycles. The van der Waals surface area contributed by atoms with Gasteiger partial charge in [0.25, 0.3) is 0 Å². The molecular formula is C11H12BrNO. The summed E-state index contributed by atoms with van der Waals surface area (Å²) in [5.74, 6) is 0.808. The van der Waals surface area contributed by atoms with E-state index in [0.29, 0.717) is 12.2 Å². The molecule has 1 rings (SSSR count). The van der Waals surface area contributed by atoms with Gasteiger partial charge < -0.3 is 4.74 Å². The fraction of sp³-hybridized carbons (Fsp3) is 0.364. The van der Waals surface area contributed by atoms with E-state index >= 15 is 0 Å². The second-order valence-electron chi connectivity index (χ2n) is 2.92. The fourth-order valence-electron chi connectivity index (χ4n) is 1.08. The van der Waals surface area contributed by atoms with Crippen LogP contribution >= 0.6 is 15.9 Å². The van der Waals surface area contributed by atoms with Gasteiger partial charge in [0, 0.05) is 10.9 Å². The lowest BCUT2D eigenvalue weighted by Crippen LogP contribution is -1.98. The summed E-state index contributed by atoms with van der Waals surface area (Å²) in [6.07, 6.45) is 0.971. The van der Waals surface area contributed by atoms with Crippen LogP contribution in [0.25, 0.3) is 0 Å². The molecule has 0 saturated heterocycles. The van der Waals surface area contributed by atoms with Gasteiger partial charge in [0.2, 0.25) is 0 Å². The third-order valence-corrected chi connectivity index (χ3v) is 2.41. The van der Waals surface area contributed by atoms with Gasteiger partial charge in [0.15, 0.2) is 0 Å². The molecule has 14 heavy (non-hydrogen) atoms.